The number of hydrogen-bond donors (Lipinski definition) is 1. The Bertz CT molecular complexity index is 436. The minimum Gasteiger partial charge on any atom is -0.484 e. The molecule has 0 radical (unpaired) electrons. The second kappa shape index (κ2) is 5.54. The number of ether oxygens (including phenoxy) is 2. The Kier molecular flexibility index (Phi) is 4.20. The van der Waals surface area contributed by atoms with E-state index < -0.39 is 0 Å². The molecule has 2 heterocycles. The van der Waals surface area contributed by atoms with Crippen LogP contribution >= 0.6 is 11.5 Å². The number of nitrogen functional groups attached to an aromatic ring is 1. The highest BCUT2D eigenvalue weighted by Crippen LogP contribution is 2.41. The topological polar surface area (TPSA) is 60.6 Å². The molecule has 108 valence electrons. The molecule has 1 aliphatic heterocycles. The van der Waals surface area contributed by atoms with Crippen LogP contribution in [0.1, 0.15) is 33.6 Å². The third-order valence-corrected chi connectivity index (χ3v) is 4.35. The zero-order valence-electron chi connectivity index (χ0n) is 12.1. The number of rotatable bonds is 4. The van der Waals surface area contributed by atoms with Gasteiger partial charge in [-0.2, -0.15) is 4.37 Å². The summed E-state index contributed by atoms with van der Waals surface area (Å²) < 4.78 is 15.7. The molecule has 5 nitrogen and oxygen atoms in total. The Morgan fingerprint density at radius 3 is 2.84 bits per heavy atom. The maximum absolute atomic E-state index is 5.91. The number of nitrogens with two attached hydrogens (primary N) is 1. The summed E-state index contributed by atoms with van der Waals surface area (Å²) in [5, 5.41) is 1.02. The van der Waals surface area contributed by atoms with Crippen molar-refractivity contribution in [3.8, 4) is 5.75 Å². The van der Waals surface area contributed by atoms with Crippen LogP contribution in [0.3, 0.4) is 0 Å². The molecule has 0 amide bonds. The highest BCUT2D eigenvalue weighted by Gasteiger charge is 2.33. The van der Waals surface area contributed by atoms with Gasteiger partial charge < -0.3 is 20.1 Å². The summed E-state index contributed by atoms with van der Waals surface area (Å²) in [4.78, 5) is 2.28. The van der Waals surface area contributed by atoms with Crippen LogP contribution in [0.25, 0.3) is 0 Å². The molecular weight excluding hydrogens is 262 g/mol. The van der Waals surface area contributed by atoms with Gasteiger partial charge in [0.2, 0.25) is 0 Å². The molecule has 1 atom stereocenters. The van der Waals surface area contributed by atoms with Gasteiger partial charge in [-0.15, -0.1) is 0 Å². The first kappa shape index (κ1) is 14.4. The van der Waals surface area contributed by atoms with Gasteiger partial charge in [0, 0.05) is 20.2 Å². The quantitative estimate of drug-likeness (QED) is 0.921. The molecule has 0 saturated carbocycles. The van der Waals surface area contributed by atoms with Crippen molar-refractivity contribution in [2.45, 2.75) is 45.3 Å². The molecule has 0 aliphatic carbocycles. The molecule has 1 saturated heterocycles. The fourth-order valence-electron chi connectivity index (χ4n) is 2.38. The minimum atomic E-state index is -0.105. The zero-order chi connectivity index (χ0) is 14.0. The first-order chi connectivity index (χ1) is 8.95. The molecule has 1 aliphatic rings. The lowest BCUT2D eigenvalue weighted by molar-refractivity contribution is -0.00461. The van der Waals surface area contributed by atoms with Gasteiger partial charge in [-0.25, -0.2) is 0 Å². The van der Waals surface area contributed by atoms with E-state index >= 15 is 0 Å². The molecule has 0 bridgehead atoms. The van der Waals surface area contributed by atoms with Crippen LogP contribution in [0, 0.1) is 0 Å². The summed E-state index contributed by atoms with van der Waals surface area (Å²) in [7, 11) is 1.77. The van der Waals surface area contributed by atoms with Crippen molar-refractivity contribution >= 4 is 22.4 Å². The van der Waals surface area contributed by atoms with Gasteiger partial charge in [0.1, 0.15) is 0 Å². The average molecular weight is 285 g/mol. The number of piperidine rings is 1. The molecule has 2 N–H and O–H groups in total. The normalized spacial score (nSPS) is 23.9. The summed E-state index contributed by atoms with van der Waals surface area (Å²) in [6.45, 7) is 7.98. The standard InChI is InChI=1S/C13H23N3O2S/c1-9(2)18-10-11(14)15-19-12(10)16-7-5-6-13(3,8-16)17-4/h9H,5-8H2,1-4H3,(H2,14,15). The predicted molar refractivity (Wildman–Crippen MR) is 79.2 cm³/mol. The van der Waals surface area contributed by atoms with Gasteiger partial charge in [0.25, 0.3) is 0 Å². The van der Waals surface area contributed by atoms with E-state index in [0.29, 0.717) is 5.82 Å². The Morgan fingerprint density at radius 1 is 1.47 bits per heavy atom. The molecule has 1 fully saturated rings. The SMILES string of the molecule is COC1(C)CCCN(c2snc(N)c2OC(C)C)C1. The number of nitrogens with zero attached hydrogens (tertiary/aromatic N) is 2. The van der Waals surface area contributed by atoms with Crippen LogP contribution in [0.2, 0.25) is 0 Å². The first-order valence-corrected chi connectivity index (χ1v) is 7.44. The van der Waals surface area contributed by atoms with Crippen LogP contribution in [0.15, 0.2) is 0 Å². The van der Waals surface area contributed by atoms with Crippen molar-refractivity contribution in [2.24, 2.45) is 0 Å². The van der Waals surface area contributed by atoms with Crippen LogP contribution in [-0.4, -0.2) is 36.3 Å². The lowest BCUT2D eigenvalue weighted by Gasteiger charge is -2.40. The van der Waals surface area contributed by atoms with E-state index in [9.17, 15) is 0 Å². The summed E-state index contributed by atoms with van der Waals surface area (Å²) in [5.41, 5.74) is 5.81. The van der Waals surface area contributed by atoms with Crippen LogP contribution in [0.4, 0.5) is 10.8 Å². The number of anilines is 2. The lowest BCUT2D eigenvalue weighted by Crippen LogP contribution is -2.47. The molecule has 19 heavy (non-hydrogen) atoms. The first-order valence-electron chi connectivity index (χ1n) is 6.67. The van der Waals surface area contributed by atoms with Crippen molar-refractivity contribution in [3.05, 3.63) is 0 Å². The summed E-state index contributed by atoms with van der Waals surface area (Å²) in [6.07, 6.45) is 2.27. The van der Waals surface area contributed by atoms with E-state index in [2.05, 4.69) is 16.2 Å². The van der Waals surface area contributed by atoms with Crippen molar-refractivity contribution in [2.75, 3.05) is 30.8 Å². The van der Waals surface area contributed by atoms with Gasteiger partial charge in [-0.05, 0) is 45.1 Å². The largest absolute Gasteiger partial charge is 0.484 e. The summed E-state index contributed by atoms with van der Waals surface area (Å²) >= 11 is 1.41. The van der Waals surface area contributed by atoms with E-state index in [-0.39, 0.29) is 11.7 Å². The average Bonchev–Trinajstić information content (AvgIpc) is 2.71. The highest BCUT2D eigenvalue weighted by atomic mass is 32.1. The highest BCUT2D eigenvalue weighted by molar-refractivity contribution is 7.11. The fraction of sp³-hybridized carbons (Fsp3) is 0.769. The monoisotopic (exact) mass is 285 g/mol. The summed E-state index contributed by atoms with van der Waals surface area (Å²) in [5.74, 6) is 1.21. The smallest absolute Gasteiger partial charge is 0.198 e. The van der Waals surface area contributed by atoms with E-state index in [1.807, 2.05) is 13.8 Å². The third kappa shape index (κ3) is 3.12. The number of aromatic nitrogens is 1. The Labute approximate surface area is 118 Å². The van der Waals surface area contributed by atoms with Gasteiger partial charge in [0.15, 0.2) is 16.6 Å². The van der Waals surface area contributed by atoms with E-state index in [4.69, 9.17) is 15.2 Å². The van der Waals surface area contributed by atoms with Crippen molar-refractivity contribution in [1.82, 2.24) is 4.37 Å². The molecule has 0 spiro atoms. The van der Waals surface area contributed by atoms with Crippen molar-refractivity contribution in [3.63, 3.8) is 0 Å². The predicted octanol–water partition coefficient (Wildman–Crippen LogP) is 2.52. The minimum absolute atomic E-state index is 0.0936. The second-order valence-corrected chi connectivity index (χ2v) is 6.30. The van der Waals surface area contributed by atoms with Gasteiger partial charge in [0.05, 0.1) is 11.7 Å². The molecular formula is C13H23N3O2S. The molecule has 1 aromatic heterocycles. The molecule has 0 aromatic carbocycles. The van der Waals surface area contributed by atoms with Crippen LogP contribution in [-0.2, 0) is 4.74 Å². The van der Waals surface area contributed by atoms with Crippen molar-refractivity contribution < 1.29 is 9.47 Å². The van der Waals surface area contributed by atoms with Crippen LogP contribution in [0.5, 0.6) is 5.75 Å². The maximum atomic E-state index is 5.91. The molecule has 1 aromatic rings. The Hall–Kier alpha value is -1.01. The molecule has 1 unspecified atom stereocenters. The Morgan fingerprint density at radius 2 is 2.21 bits per heavy atom. The van der Waals surface area contributed by atoms with E-state index in [0.717, 1.165) is 36.7 Å². The third-order valence-electron chi connectivity index (χ3n) is 3.45. The van der Waals surface area contributed by atoms with E-state index in [1.54, 1.807) is 7.11 Å². The van der Waals surface area contributed by atoms with Gasteiger partial charge in [-0.3, -0.25) is 0 Å². The van der Waals surface area contributed by atoms with Crippen LogP contribution < -0.4 is 15.4 Å². The maximum Gasteiger partial charge on any atom is 0.198 e. The number of hydrogen-bond acceptors (Lipinski definition) is 6. The van der Waals surface area contributed by atoms with E-state index in [1.165, 1.54) is 11.5 Å². The zero-order valence-corrected chi connectivity index (χ0v) is 12.9. The van der Waals surface area contributed by atoms with Gasteiger partial charge >= 0.3 is 0 Å². The molecule has 6 heteroatoms. The Balaban J connectivity index is 2.22. The number of methoxy groups -OCH3 is 1. The second-order valence-electron chi connectivity index (χ2n) is 5.55. The molecule has 2 rings (SSSR count). The lowest BCUT2D eigenvalue weighted by atomic mass is 9.95. The fourth-order valence-corrected chi connectivity index (χ4v) is 3.15. The van der Waals surface area contributed by atoms with Crippen molar-refractivity contribution in [1.29, 1.82) is 0 Å². The summed E-state index contributed by atoms with van der Waals surface area (Å²) in [6, 6.07) is 0. The van der Waals surface area contributed by atoms with Gasteiger partial charge in [-0.1, -0.05) is 0 Å².